The van der Waals surface area contributed by atoms with Gasteiger partial charge in [-0.15, -0.1) is 0 Å². The van der Waals surface area contributed by atoms with Gasteiger partial charge in [-0.25, -0.2) is 0 Å². The lowest BCUT2D eigenvalue weighted by Gasteiger charge is -2.37. The van der Waals surface area contributed by atoms with Gasteiger partial charge in [0.2, 0.25) is 5.91 Å². The minimum Gasteiger partial charge on any atom is -0.481 e. The largest absolute Gasteiger partial charge is 0.481 e. The van der Waals surface area contributed by atoms with Crippen LogP contribution in [0.3, 0.4) is 0 Å². The maximum absolute atomic E-state index is 13.3. The average Bonchev–Trinajstić information content (AvgIpc) is 2.69. The van der Waals surface area contributed by atoms with Crippen LogP contribution in [0.15, 0.2) is 24.3 Å². The molecule has 0 radical (unpaired) electrons. The summed E-state index contributed by atoms with van der Waals surface area (Å²) in [6.07, 6.45) is 6.37. The van der Waals surface area contributed by atoms with Crippen molar-refractivity contribution in [2.75, 3.05) is 19.8 Å². The van der Waals surface area contributed by atoms with Crippen molar-refractivity contribution in [2.45, 2.75) is 57.3 Å². The molecule has 2 N–H and O–H groups in total. The monoisotopic (exact) mass is 373 g/mol. The number of aliphatic carboxylic acids is 1. The topological polar surface area (TPSA) is 75.6 Å². The van der Waals surface area contributed by atoms with E-state index in [0.717, 1.165) is 56.1 Å². The molecule has 148 valence electrons. The Morgan fingerprint density at radius 1 is 1.22 bits per heavy atom. The summed E-state index contributed by atoms with van der Waals surface area (Å²) in [5.74, 6) is -1.31. The molecular weight excluding hydrogens is 342 g/mol. The number of hydrogen-bond acceptors (Lipinski definition) is 3. The van der Waals surface area contributed by atoms with E-state index in [0.29, 0.717) is 13.2 Å². The predicted octanol–water partition coefficient (Wildman–Crippen LogP) is 3.44. The number of carbonyl (C=O) groups is 2. The van der Waals surface area contributed by atoms with Crippen LogP contribution in [-0.2, 0) is 19.7 Å². The Morgan fingerprint density at radius 2 is 1.93 bits per heavy atom. The lowest BCUT2D eigenvalue weighted by molar-refractivity contribution is -0.145. The first kappa shape index (κ1) is 19.9. The van der Waals surface area contributed by atoms with Crippen LogP contribution < -0.4 is 5.32 Å². The van der Waals surface area contributed by atoms with Gasteiger partial charge in [-0.2, -0.15) is 0 Å². The lowest BCUT2D eigenvalue weighted by atomic mass is 9.68. The molecule has 1 aromatic rings. The first-order valence-electron chi connectivity index (χ1n) is 10.2. The Labute approximate surface area is 161 Å². The number of carboxylic acid groups (broad SMARTS) is 1. The highest BCUT2D eigenvalue weighted by atomic mass is 16.5. The summed E-state index contributed by atoms with van der Waals surface area (Å²) < 4.78 is 5.36. The van der Waals surface area contributed by atoms with Crippen LogP contribution in [0.4, 0.5) is 0 Å². The number of carbonyl (C=O) groups excluding carboxylic acids is 1. The van der Waals surface area contributed by atoms with Crippen LogP contribution in [0.2, 0.25) is 0 Å². The summed E-state index contributed by atoms with van der Waals surface area (Å²) in [5.41, 5.74) is 1.69. The Kier molecular flexibility index (Phi) is 6.53. The van der Waals surface area contributed by atoms with Crippen molar-refractivity contribution in [3.63, 3.8) is 0 Å². The van der Waals surface area contributed by atoms with Crippen LogP contribution in [-0.4, -0.2) is 36.7 Å². The molecule has 1 saturated carbocycles. The molecule has 2 fully saturated rings. The van der Waals surface area contributed by atoms with E-state index < -0.39 is 17.3 Å². The fourth-order valence-electron chi connectivity index (χ4n) is 4.69. The highest BCUT2D eigenvalue weighted by Gasteiger charge is 2.41. The van der Waals surface area contributed by atoms with Gasteiger partial charge in [0.25, 0.3) is 0 Å². The van der Waals surface area contributed by atoms with Gasteiger partial charge in [0.05, 0.1) is 11.3 Å². The van der Waals surface area contributed by atoms with Crippen LogP contribution >= 0.6 is 0 Å². The van der Waals surface area contributed by atoms with Crippen LogP contribution in [0.25, 0.3) is 0 Å². The van der Waals surface area contributed by atoms with Gasteiger partial charge in [0.15, 0.2) is 0 Å². The molecule has 1 saturated heterocycles. The van der Waals surface area contributed by atoms with Crippen LogP contribution in [0.1, 0.15) is 56.1 Å². The SMILES string of the molecule is Cc1cccc(C2(C(=O)NCC(C(=O)O)C3CCOCC3)CCCCC2)c1. The van der Waals surface area contributed by atoms with Crippen molar-refractivity contribution < 1.29 is 19.4 Å². The third-order valence-corrected chi connectivity index (χ3v) is 6.35. The molecule has 1 aromatic carbocycles. The maximum Gasteiger partial charge on any atom is 0.308 e. The van der Waals surface area contributed by atoms with Gasteiger partial charge in [-0.1, -0.05) is 49.1 Å². The average molecular weight is 373 g/mol. The second-order valence-corrected chi connectivity index (χ2v) is 8.12. The summed E-state index contributed by atoms with van der Waals surface area (Å²) in [4.78, 5) is 25.1. The molecule has 3 rings (SSSR count). The molecule has 1 amide bonds. The third-order valence-electron chi connectivity index (χ3n) is 6.35. The molecule has 0 aromatic heterocycles. The van der Waals surface area contributed by atoms with Crippen molar-refractivity contribution in [1.82, 2.24) is 5.32 Å². The van der Waals surface area contributed by atoms with Crippen LogP contribution in [0.5, 0.6) is 0 Å². The predicted molar refractivity (Wildman–Crippen MR) is 104 cm³/mol. The number of nitrogens with one attached hydrogen (secondary N) is 1. The summed E-state index contributed by atoms with van der Waals surface area (Å²) in [5, 5.41) is 12.7. The smallest absolute Gasteiger partial charge is 0.308 e. The zero-order valence-corrected chi connectivity index (χ0v) is 16.2. The van der Waals surface area contributed by atoms with Gasteiger partial charge in [0.1, 0.15) is 0 Å². The van der Waals surface area contributed by atoms with Gasteiger partial charge in [-0.3, -0.25) is 9.59 Å². The molecule has 5 nitrogen and oxygen atoms in total. The van der Waals surface area contributed by atoms with E-state index in [1.54, 1.807) is 0 Å². The van der Waals surface area contributed by atoms with Gasteiger partial charge >= 0.3 is 5.97 Å². The van der Waals surface area contributed by atoms with Crippen molar-refractivity contribution in [3.8, 4) is 0 Å². The van der Waals surface area contributed by atoms with Crippen LogP contribution in [0, 0.1) is 18.8 Å². The molecule has 27 heavy (non-hydrogen) atoms. The third kappa shape index (κ3) is 4.52. The molecule has 1 unspecified atom stereocenters. The highest BCUT2D eigenvalue weighted by Crippen LogP contribution is 2.40. The van der Waals surface area contributed by atoms with Crippen molar-refractivity contribution >= 4 is 11.9 Å². The maximum atomic E-state index is 13.3. The molecule has 2 aliphatic rings. The number of ether oxygens (including phenoxy) is 1. The molecule has 0 bridgehead atoms. The minimum absolute atomic E-state index is 0.00823. The van der Waals surface area contributed by atoms with Crippen molar-refractivity contribution in [3.05, 3.63) is 35.4 Å². The van der Waals surface area contributed by atoms with Crippen molar-refractivity contribution in [1.29, 1.82) is 0 Å². The first-order valence-corrected chi connectivity index (χ1v) is 10.2. The Balaban J connectivity index is 1.75. The Hall–Kier alpha value is -1.88. The van der Waals surface area contributed by atoms with E-state index >= 15 is 0 Å². The highest BCUT2D eigenvalue weighted by molar-refractivity contribution is 5.88. The standard InChI is InChI=1S/C22H31NO4/c1-16-6-5-7-18(14-16)22(10-3-2-4-11-22)21(26)23-15-19(20(24)25)17-8-12-27-13-9-17/h5-7,14,17,19H,2-4,8-13,15H2,1H3,(H,23,26)(H,24,25). The molecule has 0 spiro atoms. The molecule has 1 aliphatic carbocycles. The Bertz CT molecular complexity index is 660. The number of benzene rings is 1. The van der Waals surface area contributed by atoms with E-state index in [9.17, 15) is 14.7 Å². The number of carboxylic acids is 1. The lowest BCUT2D eigenvalue weighted by Crippen LogP contribution is -2.48. The zero-order chi connectivity index (χ0) is 19.3. The summed E-state index contributed by atoms with van der Waals surface area (Å²) in [7, 11) is 0. The van der Waals surface area contributed by atoms with Gasteiger partial charge < -0.3 is 15.2 Å². The second kappa shape index (κ2) is 8.87. The summed E-state index contributed by atoms with van der Waals surface area (Å²) in [6, 6.07) is 8.21. The Morgan fingerprint density at radius 3 is 2.56 bits per heavy atom. The number of amides is 1. The van der Waals surface area contributed by atoms with Gasteiger partial charge in [-0.05, 0) is 44.1 Å². The number of aryl methyl sites for hydroxylation is 1. The molecule has 5 heteroatoms. The first-order chi connectivity index (χ1) is 13.0. The summed E-state index contributed by atoms with van der Waals surface area (Å²) in [6.45, 7) is 3.46. The number of rotatable bonds is 6. The quantitative estimate of drug-likeness (QED) is 0.801. The number of hydrogen-bond donors (Lipinski definition) is 2. The second-order valence-electron chi connectivity index (χ2n) is 8.12. The normalized spacial score (nSPS) is 21.4. The van der Waals surface area contributed by atoms with Gasteiger partial charge in [0, 0.05) is 19.8 Å². The minimum atomic E-state index is -0.824. The van der Waals surface area contributed by atoms with E-state index in [4.69, 9.17) is 4.74 Å². The van der Waals surface area contributed by atoms with Crippen molar-refractivity contribution in [2.24, 2.45) is 11.8 Å². The summed E-state index contributed by atoms with van der Waals surface area (Å²) >= 11 is 0. The molecule has 1 heterocycles. The van der Waals surface area contributed by atoms with E-state index in [-0.39, 0.29) is 18.4 Å². The fourth-order valence-corrected chi connectivity index (χ4v) is 4.69. The molecule has 1 aliphatic heterocycles. The molecular formula is C22H31NO4. The zero-order valence-electron chi connectivity index (χ0n) is 16.2. The van der Waals surface area contributed by atoms with E-state index in [2.05, 4.69) is 11.4 Å². The van der Waals surface area contributed by atoms with E-state index in [1.165, 1.54) is 0 Å². The fraction of sp³-hybridized carbons (Fsp3) is 0.636. The van der Waals surface area contributed by atoms with E-state index in [1.807, 2.05) is 25.1 Å². The molecule has 1 atom stereocenters.